The highest BCUT2D eigenvalue weighted by atomic mass is 16.5. The molecule has 1 aromatic rings. The maximum Gasteiger partial charge on any atom is 0.335 e. The van der Waals surface area contributed by atoms with Gasteiger partial charge < -0.3 is 20.5 Å². The van der Waals surface area contributed by atoms with Crippen molar-refractivity contribution in [2.45, 2.75) is 19.6 Å². The number of nitrogen functional groups attached to an aromatic ring is 1. The number of carboxylic acid groups (broad SMARTS) is 1. The lowest BCUT2D eigenvalue weighted by Gasteiger charge is -2.38. The molecule has 1 atom stereocenters. The van der Waals surface area contributed by atoms with Gasteiger partial charge in [-0.1, -0.05) is 0 Å². The number of rotatable bonds is 4. The third-order valence-electron chi connectivity index (χ3n) is 2.95. The first-order valence-corrected chi connectivity index (χ1v) is 5.64. The quantitative estimate of drug-likeness (QED) is 0.775. The van der Waals surface area contributed by atoms with E-state index in [0.29, 0.717) is 5.69 Å². The number of hydrogen-bond donors (Lipinski definition) is 2. The van der Waals surface area contributed by atoms with E-state index in [9.17, 15) is 4.79 Å². The van der Waals surface area contributed by atoms with Crippen LogP contribution in [0.1, 0.15) is 23.7 Å². The molecule has 1 aromatic carbocycles. The summed E-state index contributed by atoms with van der Waals surface area (Å²) in [5, 5.41) is 8.97. The predicted molar refractivity (Wildman–Crippen MR) is 65.2 cm³/mol. The van der Waals surface area contributed by atoms with Gasteiger partial charge >= 0.3 is 5.97 Å². The summed E-state index contributed by atoms with van der Waals surface area (Å²) in [6.45, 7) is 3.48. The molecule has 0 aliphatic carbocycles. The van der Waals surface area contributed by atoms with E-state index in [1.54, 1.807) is 12.1 Å². The minimum atomic E-state index is -0.947. The molecule has 1 aliphatic heterocycles. The molecule has 92 valence electrons. The minimum Gasteiger partial charge on any atom is -0.478 e. The number of nitrogens with two attached hydrogens (primary N) is 1. The Balaban J connectivity index is 2.33. The van der Waals surface area contributed by atoms with Gasteiger partial charge in [-0.3, -0.25) is 0 Å². The monoisotopic (exact) mass is 236 g/mol. The van der Waals surface area contributed by atoms with Crippen LogP contribution < -0.4 is 10.6 Å². The zero-order valence-corrected chi connectivity index (χ0v) is 9.72. The van der Waals surface area contributed by atoms with Gasteiger partial charge in [-0.05, 0) is 25.1 Å². The molecule has 2 rings (SSSR count). The molecule has 1 aliphatic rings. The van der Waals surface area contributed by atoms with Crippen LogP contribution in [0.15, 0.2) is 18.2 Å². The second-order valence-electron chi connectivity index (χ2n) is 3.98. The molecule has 0 saturated carbocycles. The summed E-state index contributed by atoms with van der Waals surface area (Å²) in [5.41, 5.74) is 7.44. The first kappa shape index (κ1) is 11.7. The van der Waals surface area contributed by atoms with Gasteiger partial charge in [0.15, 0.2) is 0 Å². The van der Waals surface area contributed by atoms with Crippen molar-refractivity contribution in [1.29, 1.82) is 0 Å². The average Bonchev–Trinajstić information content (AvgIpc) is 2.24. The molecule has 17 heavy (non-hydrogen) atoms. The lowest BCUT2D eigenvalue weighted by atomic mass is 10.1. The van der Waals surface area contributed by atoms with Crippen LogP contribution in [0.4, 0.5) is 11.4 Å². The lowest BCUT2D eigenvalue weighted by molar-refractivity contribution is -0.0505. The maximum absolute atomic E-state index is 10.9. The number of benzene rings is 1. The third kappa shape index (κ3) is 2.19. The fourth-order valence-electron chi connectivity index (χ4n) is 1.92. The number of nitrogens with zero attached hydrogens (tertiary/aromatic N) is 1. The molecule has 0 radical (unpaired) electrons. The molecule has 0 bridgehead atoms. The summed E-state index contributed by atoms with van der Waals surface area (Å²) < 4.78 is 5.42. The molecule has 0 aromatic heterocycles. The van der Waals surface area contributed by atoms with Crippen LogP contribution in [-0.4, -0.2) is 30.5 Å². The number of carboxylic acids is 1. The van der Waals surface area contributed by atoms with Gasteiger partial charge in [0.25, 0.3) is 0 Å². The lowest BCUT2D eigenvalue weighted by Crippen LogP contribution is -2.45. The first-order valence-electron chi connectivity index (χ1n) is 5.64. The summed E-state index contributed by atoms with van der Waals surface area (Å²) in [6.07, 6.45) is 0.969. The fourth-order valence-corrected chi connectivity index (χ4v) is 1.92. The van der Waals surface area contributed by atoms with E-state index in [4.69, 9.17) is 15.6 Å². The average molecular weight is 236 g/mol. The summed E-state index contributed by atoms with van der Waals surface area (Å²) in [5.74, 6) is -0.947. The Hall–Kier alpha value is -1.75. The second-order valence-corrected chi connectivity index (χ2v) is 3.98. The molecule has 0 spiro atoms. The molecule has 1 saturated heterocycles. The summed E-state index contributed by atoms with van der Waals surface area (Å²) in [6, 6.07) is 4.74. The van der Waals surface area contributed by atoms with Gasteiger partial charge in [0, 0.05) is 13.0 Å². The van der Waals surface area contributed by atoms with Crippen LogP contribution in [0.5, 0.6) is 0 Å². The zero-order valence-electron chi connectivity index (χ0n) is 9.72. The summed E-state index contributed by atoms with van der Waals surface area (Å²) >= 11 is 0. The van der Waals surface area contributed by atoms with Gasteiger partial charge in [0.1, 0.15) is 6.23 Å². The van der Waals surface area contributed by atoms with E-state index in [1.165, 1.54) is 6.07 Å². The Labute approximate surface area is 99.8 Å². The van der Waals surface area contributed by atoms with E-state index < -0.39 is 5.97 Å². The van der Waals surface area contributed by atoms with Crippen LogP contribution >= 0.6 is 0 Å². The van der Waals surface area contributed by atoms with Gasteiger partial charge in [-0.2, -0.15) is 0 Å². The van der Waals surface area contributed by atoms with Gasteiger partial charge in [-0.15, -0.1) is 0 Å². The highest BCUT2D eigenvalue weighted by molar-refractivity contribution is 5.90. The standard InChI is InChI=1S/C12H16N2O3/c1-2-14(11-5-6-17-11)10-7-8(12(15)16)3-4-9(10)13/h3-4,7,11H,2,5-6,13H2,1H3,(H,15,16). The van der Waals surface area contributed by atoms with Gasteiger partial charge in [-0.25, -0.2) is 4.79 Å². The van der Waals surface area contributed by atoms with E-state index in [-0.39, 0.29) is 11.8 Å². The van der Waals surface area contributed by atoms with Crippen molar-refractivity contribution in [2.75, 3.05) is 23.8 Å². The van der Waals surface area contributed by atoms with Gasteiger partial charge in [0.05, 0.1) is 23.5 Å². The smallest absolute Gasteiger partial charge is 0.335 e. The normalized spacial score (nSPS) is 18.5. The number of hydrogen-bond acceptors (Lipinski definition) is 4. The summed E-state index contributed by atoms with van der Waals surface area (Å²) in [4.78, 5) is 12.9. The Morgan fingerprint density at radius 2 is 2.35 bits per heavy atom. The van der Waals surface area contributed by atoms with Crippen molar-refractivity contribution < 1.29 is 14.6 Å². The van der Waals surface area contributed by atoms with E-state index in [2.05, 4.69) is 0 Å². The molecule has 5 heteroatoms. The Morgan fingerprint density at radius 1 is 1.65 bits per heavy atom. The third-order valence-corrected chi connectivity index (χ3v) is 2.95. The predicted octanol–water partition coefficient (Wildman–Crippen LogP) is 1.54. The number of anilines is 2. The van der Waals surface area contributed by atoms with Gasteiger partial charge in [0.2, 0.25) is 0 Å². The van der Waals surface area contributed by atoms with Crippen molar-refractivity contribution in [3.63, 3.8) is 0 Å². The number of ether oxygens (including phenoxy) is 1. The number of aromatic carboxylic acids is 1. The van der Waals surface area contributed by atoms with Crippen LogP contribution in [0.3, 0.4) is 0 Å². The van der Waals surface area contributed by atoms with Crippen molar-refractivity contribution in [3.8, 4) is 0 Å². The first-order chi connectivity index (χ1) is 8.13. The Kier molecular flexibility index (Phi) is 3.19. The maximum atomic E-state index is 10.9. The van der Waals surface area contributed by atoms with Crippen molar-refractivity contribution >= 4 is 17.3 Å². The molecule has 1 heterocycles. The molecule has 1 fully saturated rings. The highest BCUT2D eigenvalue weighted by Gasteiger charge is 2.26. The van der Waals surface area contributed by atoms with Crippen molar-refractivity contribution in [3.05, 3.63) is 23.8 Å². The van der Waals surface area contributed by atoms with Crippen LogP contribution in [0, 0.1) is 0 Å². The van der Waals surface area contributed by atoms with Crippen LogP contribution in [-0.2, 0) is 4.74 Å². The number of carbonyl (C=O) groups is 1. The fraction of sp³-hybridized carbons (Fsp3) is 0.417. The van der Waals surface area contributed by atoms with E-state index in [1.807, 2.05) is 11.8 Å². The minimum absolute atomic E-state index is 0.0198. The molecule has 3 N–H and O–H groups in total. The van der Waals surface area contributed by atoms with Crippen LogP contribution in [0.25, 0.3) is 0 Å². The largest absolute Gasteiger partial charge is 0.478 e. The molecular weight excluding hydrogens is 220 g/mol. The van der Waals surface area contributed by atoms with Crippen LogP contribution in [0.2, 0.25) is 0 Å². The van der Waals surface area contributed by atoms with E-state index in [0.717, 1.165) is 25.3 Å². The molecule has 5 nitrogen and oxygen atoms in total. The molecular formula is C12H16N2O3. The Morgan fingerprint density at radius 3 is 2.82 bits per heavy atom. The summed E-state index contributed by atoms with van der Waals surface area (Å²) in [7, 11) is 0. The van der Waals surface area contributed by atoms with Crippen molar-refractivity contribution in [1.82, 2.24) is 0 Å². The Bertz CT molecular complexity index is 430. The molecule has 1 unspecified atom stereocenters. The van der Waals surface area contributed by atoms with E-state index >= 15 is 0 Å². The molecule has 0 amide bonds. The SMILES string of the molecule is CCN(c1cc(C(=O)O)ccc1N)C1CCO1. The second kappa shape index (κ2) is 4.63. The zero-order chi connectivity index (χ0) is 12.4. The highest BCUT2D eigenvalue weighted by Crippen LogP contribution is 2.30. The van der Waals surface area contributed by atoms with Crippen molar-refractivity contribution in [2.24, 2.45) is 0 Å². The topological polar surface area (TPSA) is 75.8 Å².